The monoisotopic (exact) mass is 421 g/mol. The Morgan fingerprint density at radius 1 is 1.32 bits per heavy atom. The van der Waals surface area contributed by atoms with Gasteiger partial charge in [0.1, 0.15) is 17.6 Å². The molecule has 3 unspecified atom stereocenters. The highest BCUT2D eigenvalue weighted by molar-refractivity contribution is 6.41. The van der Waals surface area contributed by atoms with Gasteiger partial charge in [0.2, 0.25) is 5.95 Å². The third-order valence-electron chi connectivity index (χ3n) is 5.31. The lowest BCUT2D eigenvalue weighted by Crippen LogP contribution is -2.58. The molecule has 2 bridgehead atoms. The Bertz CT molecular complexity index is 1150. The first-order chi connectivity index (χ1) is 15.0. The Labute approximate surface area is 177 Å². The highest BCUT2D eigenvalue weighted by Crippen LogP contribution is 2.32. The fourth-order valence-corrected chi connectivity index (χ4v) is 3.87. The topological polar surface area (TPSA) is 126 Å². The highest BCUT2D eigenvalue weighted by atomic mass is 16.5. The van der Waals surface area contributed by atoms with E-state index in [1.165, 1.54) is 13.3 Å². The summed E-state index contributed by atoms with van der Waals surface area (Å²) in [6.45, 7) is 3.05. The minimum Gasteiger partial charge on any atom is -0.464 e. The molecule has 1 saturated heterocycles. The van der Waals surface area contributed by atoms with E-state index in [-0.39, 0.29) is 17.7 Å². The summed E-state index contributed by atoms with van der Waals surface area (Å²) in [4.78, 5) is 46.0. The number of dihydropyridines is 1. The van der Waals surface area contributed by atoms with E-state index in [0.29, 0.717) is 30.4 Å². The van der Waals surface area contributed by atoms with E-state index in [2.05, 4.69) is 30.2 Å². The van der Waals surface area contributed by atoms with E-state index in [0.717, 1.165) is 5.70 Å². The van der Waals surface area contributed by atoms with Gasteiger partial charge < -0.3 is 9.15 Å². The van der Waals surface area contributed by atoms with Gasteiger partial charge in [0.05, 0.1) is 19.3 Å². The van der Waals surface area contributed by atoms with Crippen molar-refractivity contribution in [1.82, 2.24) is 24.8 Å². The van der Waals surface area contributed by atoms with Gasteiger partial charge in [-0.05, 0) is 18.2 Å². The molecule has 0 radical (unpaired) electrons. The number of carbonyl (C=O) groups excluding carboxylic acids is 2. The lowest BCUT2D eigenvalue weighted by atomic mass is 10.0. The third-order valence-corrected chi connectivity index (χ3v) is 5.31. The molecule has 0 spiro atoms. The minimum atomic E-state index is -0.596. The molecule has 1 N–H and O–H groups in total. The summed E-state index contributed by atoms with van der Waals surface area (Å²) in [6, 6.07) is 1.09. The molecule has 0 saturated carbocycles. The second kappa shape index (κ2) is 7.43. The molecule has 3 aliphatic rings. The number of esters is 1. The van der Waals surface area contributed by atoms with Crippen molar-refractivity contribution >= 4 is 23.7 Å². The maximum atomic E-state index is 13.2. The van der Waals surface area contributed by atoms with Crippen molar-refractivity contribution in [3.8, 4) is 11.5 Å². The van der Waals surface area contributed by atoms with Crippen molar-refractivity contribution in [3.05, 3.63) is 48.3 Å². The van der Waals surface area contributed by atoms with Crippen molar-refractivity contribution in [2.24, 2.45) is 4.99 Å². The number of nitrogens with one attached hydrogen (secondary N) is 1. The summed E-state index contributed by atoms with van der Waals surface area (Å²) in [7, 11) is 1.30. The minimum absolute atomic E-state index is 0.123. The van der Waals surface area contributed by atoms with Crippen molar-refractivity contribution in [1.29, 1.82) is 0 Å². The number of aliphatic imine (C=N–C) groups is 1. The van der Waals surface area contributed by atoms with E-state index in [4.69, 9.17) is 9.15 Å². The molecule has 11 heteroatoms. The molecule has 5 heterocycles. The Morgan fingerprint density at radius 3 is 2.97 bits per heavy atom. The van der Waals surface area contributed by atoms with Gasteiger partial charge in [-0.2, -0.15) is 0 Å². The van der Waals surface area contributed by atoms with Crippen LogP contribution in [0.25, 0.3) is 11.5 Å². The number of fused-ring (bicyclic) bond motifs is 4. The average Bonchev–Trinajstić information content (AvgIpc) is 3.40. The number of hydrogen-bond donors (Lipinski definition) is 1. The van der Waals surface area contributed by atoms with Crippen LogP contribution < -0.4 is 5.32 Å². The summed E-state index contributed by atoms with van der Waals surface area (Å²) in [5.74, 6) is 0.571. The molecule has 5 rings (SSSR count). The van der Waals surface area contributed by atoms with Crippen LogP contribution >= 0.6 is 0 Å². The highest BCUT2D eigenvalue weighted by Gasteiger charge is 2.44. The zero-order valence-corrected chi connectivity index (χ0v) is 16.8. The number of hydrogen-bond acceptors (Lipinski definition) is 9. The summed E-state index contributed by atoms with van der Waals surface area (Å²) in [5, 5.41) is 2.74. The van der Waals surface area contributed by atoms with E-state index in [9.17, 15) is 9.59 Å². The quantitative estimate of drug-likeness (QED) is 0.737. The summed E-state index contributed by atoms with van der Waals surface area (Å²) in [5.41, 5.74) is 1.48. The lowest BCUT2D eigenvalue weighted by Gasteiger charge is -2.43. The van der Waals surface area contributed by atoms with Crippen LogP contribution in [0.2, 0.25) is 0 Å². The van der Waals surface area contributed by atoms with Gasteiger partial charge in [0.25, 0.3) is 0 Å². The first-order valence-corrected chi connectivity index (χ1v) is 9.67. The van der Waals surface area contributed by atoms with Gasteiger partial charge in [-0.15, -0.1) is 0 Å². The van der Waals surface area contributed by atoms with Crippen molar-refractivity contribution < 1.29 is 18.7 Å². The number of methoxy groups -OCH3 is 1. The van der Waals surface area contributed by atoms with E-state index in [1.807, 2.05) is 12.2 Å². The summed E-state index contributed by atoms with van der Waals surface area (Å²) >= 11 is 0. The number of oxazole rings is 1. The molecule has 3 atom stereocenters. The number of aromatic nitrogens is 3. The van der Waals surface area contributed by atoms with Gasteiger partial charge in [-0.25, -0.2) is 24.5 Å². The van der Waals surface area contributed by atoms with Gasteiger partial charge in [-0.1, -0.05) is 6.08 Å². The Balaban J connectivity index is 1.42. The number of piperazine rings is 1. The van der Waals surface area contributed by atoms with Crippen molar-refractivity contribution in [3.63, 3.8) is 0 Å². The van der Waals surface area contributed by atoms with Crippen LogP contribution in [0.5, 0.6) is 0 Å². The van der Waals surface area contributed by atoms with Crippen molar-refractivity contribution in [2.45, 2.75) is 19.1 Å². The van der Waals surface area contributed by atoms with E-state index >= 15 is 0 Å². The average molecular weight is 421 g/mol. The standard InChI is InChI=1S/C20H19N7O4/c1-11-22-9-16(31-11)13-5-7-21-19(24-13)25-20(29)27-12-6-8-26(10-12)15-4-3-14(18(28)30-2)23-17(15)27/h3-7,9,15,17H,8,10H2,1-2H3,(H,21,24,25,29). The third kappa shape index (κ3) is 3.38. The maximum absolute atomic E-state index is 13.2. The number of aryl methyl sites for hydroxylation is 1. The van der Waals surface area contributed by atoms with Crippen molar-refractivity contribution in [2.75, 3.05) is 25.5 Å². The first-order valence-electron chi connectivity index (χ1n) is 9.67. The van der Waals surface area contributed by atoms with E-state index < -0.39 is 18.2 Å². The molecule has 1 fully saturated rings. The Kier molecular flexibility index (Phi) is 4.59. The zero-order valence-electron chi connectivity index (χ0n) is 16.8. The van der Waals surface area contributed by atoms with Crippen LogP contribution in [0.15, 0.2) is 51.8 Å². The molecular weight excluding hydrogens is 402 g/mol. The van der Waals surface area contributed by atoms with Gasteiger partial charge in [-0.3, -0.25) is 20.1 Å². The molecule has 3 aliphatic heterocycles. The van der Waals surface area contributed by atoms with Gasteiger partial charge in [0, 0.05) is 31.9 Å². The molecule has 2 aromatic heterocycles. The molecule has 2 amide bonds. The molecule has 0 aliphatic carbocycles. The molecule has 11 nitrogen and oxygen atoms in total. The maximum Gasteiger partial charge on any atom is 0.356 e. The van der Waals surface area contributed by atoms with Crippen LogP contribution in [0.3, 0.4) is 0 Å². The fraction of sp³-hybridized carbons (Fsp3) is 0.300. The van der Waals surface area contributed by atoms with Crippen LogP contribution in [-0.4, -0.2) is 74.9 Å². The number of urea groups is 1. The Morgan fingerprint density at radius 2 is 2.19 bits per heavy atom. The number of rotatable bonds is 3. The normalized spacial score (nSPS) is 23.7. The van der Waals surface area contributed by atoms with Gasteiger partial charge in [0.15, 0.2) is 11.7 Å². The first kappa shape index (κ1) is 19.1. The predicted molar refractivity (Wildman–Crippen MR) is 109 cm³/mol. The summed E-state index contributed by atoms with van der Waals surface area (Å²) < 4.78 is 10.3. The molecule has 2 aromatic rings. The number of ether oxygens (including phenoxy) is 1. The summed E-state index contributed by atoms with van der Waals surface area (Å²) in [6.07, 6.45) is 7.99. The fourth-order valence-electron chi connectivity index (χ4n) is 3.87. The van der Waals surface area contributed by atoms with Crippen LogP contribution in [0, 0.1) is 6.92 Å². The van der Waals surface area contributed by atoms with E-state index in [1.54, 1.807) is 30.2 Å². The molecule has 0 aromatic carbocycles. The second-order valence-corrected chi connectivity index (χ2v) is 7.20. The lowest BCUT2D eigenvalue weighted by molar-refractivity contribution is -0.132. The SMILES string of the molecule is COC(=O)C1=NC2C(C=C1)N1CC=C(C1)N2C(=O)Nc1nccc(-c2cnc(C)o2)n1. The van der Waals surface area contributed by atoms with Crippen LogP contribution in [0.1, 0.15) is 5.89 Å². The van der Waals surface area contributed by atoms with Crippen LogP contribution in [-0.2, 0) is 9.53 Å². The molecule has 31 heavy (non-hydrogen) atoms. The zero-order chi connectivity index (χ0) is 21.5. The number of carbonyl (C=O) groups is 2. The number of nitrogens with zero attached hydrogens (tertiary/aromatic N) is 6. The predicted octanol–water partition coefficient (Wildman–Crippen LogP) is 1.37. The number of amides is 2. The van der Waals surface area contributed by atoms with Gasteiger partial charge >= 0.3 is 12.0 Å². The smallest absolute Gasteiger partial charge is 0.356 e. The second-order valence-electron chi connectivity index (χ2n) is 7.20. The molecule has 158 valence electrons. The molecular formula is C20H19N7O4. The number of anilines is 1. The van der Waals surface area contributed by atoms with Crippen LogP contribution in [0.4, 0.5) is 10.7 Å². The Hall–Kier alpha value is -3.86. The largest absolute Gasteiger partial charge is 0.464 e.